The van der Waals surface area contributed by atoms with Gasteiger partial charge in [0.25, 0.3) is 5.91 Å². The number of halogens is 3. The fraction of sp³-hybridized carbons (Fsp3) is 0.385. The number of piperidine rings is 1. The average molecular weight is 590 g/mol. The molecule has 1 aromatic carbocycles. The molecule has 0 spiro atoms. The minimum atomic E-state index is -3.16. The van der Waals surface area contributed by atoms with Crippen LogP contribution in [0.25, 0.3) is 5.65 Å². The van der Waals surface area contributed by atoms with Gasteiger partial charge in [-0.2, -0.15) is 19.0 Å². The molecule has 2 amide bonds. The first-order chi connectivity index (χ1) is 19.5. The fourth-order valence-electron chi connectivity index (χ4n) is 5.05. The molecule has 4 heterocycles. The maximum Gasteiger partial charge on any atom is 0.387 e. The number of ether oxygens (including phenoxy) is 1. The lowest BCUT2D eigenvalue weighted by Gasteiger charge is -2.38. The van der Waals surface area contributed by atoms with E-state index in [1.54, 1.807) is 19.2 Å². The Morgan fingerprint density at radius 1 is 1.27 bits per heavy atom. The number of fused-ring (bicyclic) bond motifs is 1. The number of carboxylic acids is 1. The van der Waals surface area contributed by atoms with Gasteiger partial charge in [-0.05, 0) is 44.0 Å². The van der Waals surface area contributed by atoms with E-state index in [1.165, 1.54) is 40.0 Å². The number of alkyl halides is 2. The number of likely N-dealkylation sites (tertiary alicyclic amines) is 1. The number of benzene rings is 1. The van der Waals surface area contributed by atoms with Crippen molar-refractivity contribution in [2.45, 2.75) is 38.3 Å². The number of aromatic nitrogens is 3. The monoisotopic (exact) mass is 589 g/mol. The summed E-state index contributed by atoms with van der Waals surface area (Å²) in [5.74, 6) is -2.19. The van der Waals surface area contributed by atoms with Gasteiger partial charge in [0.15, 0.2) is 5.65 Å². The molecule has 2 aliphatic heterocycles. The third kappa shape index (κ3) is 5.51. The molecule has 216 valence electrons. The van der Waals surface area contributed by atoms with E-state index >= 15 is 0 Å². The van der Waals surface area contributed by atoms with Crippen LogP contribution in [0.1, 0.15) is 42.1 Å². The van der Waals surface area contributed by atoms with Crippen molar-refractivity contribution in [2.24, 2.45) is 10.5 Å². The largest absolute Gasteiger partial charge is 0.481 e. The number of nitrogens with one attached hydrogen (secondary N) is 2. The molecule has 0 bridgehead atoms. The lowest BCUT2D eigenvalue weighted by atomic mass is 9.80. The van der Waals surface area contributed by atoms with Crippen molar-refractivity contribution in [2.75, 3.05) is 19.6 Å². The summed E-state index contributed by atoms with van der Waals surface area (Å²) in [6, 6.07) is 5.64. The van der Waals surface area contributed by atoms with E-state index in [0.29, 0.717) is 0 Å². The van der Waals surface area contributed by atoms with Gasteiger partial charge < -0.3 is 25.5 Å². The molecule has 5 rings (SSSR count). The van der Waals surface area contributed by atoms with Crippen LogP contribution in [0.3, 0.4) is 0 Å². The lowest BCUT2D eigenvalue weighted by Crippen LogP contribution is -2.59. The van der Waals surface area contributed by atoms with Gasteiger partial charge in [0.1, 0.15) is 16.9 Å². The van der Waals surface area contributed by atoms with Crippen LogP contribution in [0.2, 0.25) is 5.02 Å². The Labute approximate surface area is 237 Å². The van der Waals surface area contributed by atoms with E-state index in [9.17, 15) is 28.3 Å². The molecule has 2 aliphatic rings. The van der Waals surface area contributed by atoms with Crippen LogP contribution in [0.15, 0.2) is 48.0 Å². The predicted octanol–water partition coefficient (Wildman–Crippen LogP) is 2.56. The molecule has 1 fully saturated rings. The van der Waals surface area contributed by atoms with Crippen molar-refractivity contribution in [1.29, 1.82) is 0 Å². The first kappa shape index (κ1) is 28.2. The normalized spacial score (nSPS) is 20.0. The molecule has 41 heavy (non-hydrogen) atoms. The maximum absolute atomic E-state index is 13.7. The quantitative estimate of drug-likeness (QED) is 0.363. The van der Waals surface area contributed by atoms with Gasteiger partial charge >= 0.3 is 12.6 Å². The standard InChI is InChI=1S/C26H26ClF2N7O5/c1-25(23(39)40)5-9-35(10-6-25)19(37)12-26(33-22(38)17-13-32-36-8-2-7-30-21(17)36)14-31-34-20(26)16-11-15(27)3-4-18(16)41-24(28)29/h2-4,7-8,11,13,24,31H,5-6,9-10,12,14H2,1H3,(H,33,38)(H,39,40). The Balaban J connectivity index is 1.51. The lowest BCUT2D eigenvalue weighted by molar-refractivity contribution is -0.153. The van der Waals surface area contributed by atoms with E-state index in [-0.39, 0.29) is 78.1 Å². The van der Waals surface area contributed by atoms with E-state index in [0.717, 1.165) is 0 Å². The van der Waals surface area contributed by atoms with E-state index in [2.05, 4.69) is 25.9 Å². The molecule has 1 atom stereocenters. The number of carboxylic acid groups (broad SMARTS) is 1. The zero-order valence-corrected chi connectivity index (χ0v) is 22.6. The zero-order chi connectivity index (χ0) is 29.4. The van der Waals surface area contributed by atoms with E-state index in [1.807, 2.05) is 0 Å². The highest BCUT2D eigenvalue weighted by Crippen LogP contribution is 2.35. The summed E-state index contributed by atoms with van der Waals surface area (Å²) in [6.07, 6.45) is 4.63. The van der Waals surface area contributed by atoms with Crippen molar-refractivity contribution in [1.82, 2.24) is 30.2 Å². The van der Waals surface area contributed by atoms with Gasteiger partial charge in [-0.1, -0.05) is 11.6 Å². The Morgan fingerprint density at radius 2 is 2.02 bits per heavy atom. The number of hydrazone groups is 1. The molecular weight excluding hydrogens is 564 g/mol. The fourth-order valence-corrected chi connectivity index (χ4v) is 5.22. The second-order valence-electron chi connectivity index (χ2n) is 10.2. The van der Waals surface area contributed by atoms with Crippen molar-refractivity contribution < 1.29 is 33.0 Å². The maximum atomic E-state index is 13.7. The average Bonchev–Trinajstić information content (AvgIpc) is 3.54. The Kier molecular flexibility index (Phi) is 7.51. The van der Waals surface area contributed by atoms with Gasteiger partial charge in [-0.3, -0.25) is 14.4 Å². The SMILES string of the molecule is CC1(C(=O)O)CCN(C(=O)CC2(NC(=O)c3cnn4cccnc34)CNN=C2c2cc(Cl)ccc2OC(F)F)CC1. The zero-order valence-electron chi connectivity index (χ0n) is 21.8. The first-order valence-electron chi connectivity index (χ1n) is 12.7. The Bertz CT molecular complexity index is 1540. The van der Waals surface area contributed by atoms with Crippen LogP contribution in [-0.2, 0) is 9.59 Å². The molecule has 0 saturated carbocycles. The summed E-state index contributed by atoms with van der Waals surface area (Å²) < 4.78 is 32.7. The second-order valence-corrected chi connectivity index (χ2v) is 10.7. The van der Waals surface area contributed by atoms with E-state index < -0.39 is 29.4 Å². The summed E-state index contributed by atoms with van der Waals surface area (Å²) in [5, 5.41) is 21.1. The molecule has 2 aromatic heterocycles. The summed E-state index contributed by atoms with van der Waals surface area (Å²) in [5.41, 5.74) is 0.813. The van der Waals surface area contributed by atoms with Crippen molar-refractivity contribution in [3.8, 4) is 5.75 Å². The van der Waals surface area contributed by atoms with Crippen LogP contribution >= 0.6 is 11.6 Å². The molecule has 12 nitrogen and oxygen atoms in total. The van der Waals surface area contributed by atoms with Crippen LogP contribution in [0, 0.1) is 5.41 Å². The highest BCUT2D eigenvalue weighted by molar-refractivity contribution is 6.31. The predicted molar refractivity (Wildman–Crippen MR) is 142 cm³/mol. The number of hydrogen-bond acceptors (Lipinski definition) is 8. The van der Waals surface area contributed by atoms with E-state index in [4.69, 9.17) is 16.3 Å². The van der Waals surface area contributed by atoms with Crippen LogP contribution < -0.4 is 15.5 Å². The number of hydrogen-bond donors (Lipinski definition) is 3. The van der Waals surface area contributed by atoms with Crippen molar-refractivity contribution in [3.05, 3.63) is 59.0 Å². The van der Waals surface area contributed by atoms with Crippen LogP contribution in [-0.4, -0.2) is 79.9 Å². The van der Waals surface area contributed by atoms with Crippen LogP contribution in [0.5, 0.6) is 5.75 Å². The summed E-state index contributed by atoms with van der Waals surface area (Å²) >= 11 is 6.21. The molecule has 15 heteroatoms. The second kappa shape index (κ2) is 10.9. The molecule has 3 aromatic rings. The smallest absolute Gasteiger partial charge is 0.387 e. The molecule has 0 radical (unpaired) electrons. The summed E-state index contributed by atoms with van der Waals surface area (Å²) in [7, 11) is 0. The molecule has 3 N–H and O–H groups in total. The summed E-state index contributed by atoms with van der Waals surface area (Å²) in [4.78, 5) is 44.7. The third-order valence-corrected chi connectivity index (χ3v) is 7.74. The number of nitrogens with zero attached hydrogens (tertiary/aromatic N) is 5. The van der Waals surface area contributed by atoms with Gasteiger partial charge in [-0.25, -0.2) is 9.50 Å². The first-order valence-corrected chi connectivity index (χ1v) is 13.1. The van der Waals surface area contributed by atoms with Crippen molar-refractivity contribution >= 4 is 40.7 Å². The number of carbonyl (C=O) groups excluding carboxylic acids is 2. The highest BCUT2D eigenvalue weighted by Gasteiger charge is 2.47. The minimum Gasteiger partial charge on any atom is -0.481 e. The minimum absolute atomic E-state index is 0.0611. The number of amides is 2. The molecular formula is C26H26ClF2N7O5. The van der Waals surface area contributed by atoms with Gasteiger partial charge in [0, 0.05) is 36.1 Å². The number of carbonyl (C=O) groups is 3. The Hall–Kier alpha value is -4.33. The van der Waals surface area contributed by atoms with Gasteiger partial charge in [0.2, 0.25) is 5.91 Å². The third-order valence-electron chi connectivity index (χ3n) is 7.50. The van der Waals surface area contributed by atoms with Crippen molar-refractivity contribution in [3.63, 3.8) is 0 Å². The van der Waals surface area contributed by atoms with Gasteiger partial charge in [-0.15, -0.1) is 0 Å². The van der Waals surface area contributed by atoms with Crippen LogP contribution in [0.4, 0.5) is 8.78 Å². The highest BCUT2D eigenvalue weighted by atomic mass is 35.5. The summed E-state index contributed by atoms with van der Waals surface area (Å²) in [6.45, 7) is -1.19. The molecule has 1 saturated heterocycles. The Morgan fingerprint density at radius 3 is 2.73 bits per heavy atom. The topological polar surface area (TPSA) is 151 Å². The molecule has 1 unspecified atom stereocenters. The number of aliphatic carboxylic acids is 1. The molecule has 0 aliphatic carbocycles. The van der Waals surface area contributed by atoms with Gasteiger partial charge in [0.05, 0.1) is 30.3 Å². The number of rotatable bonds is 8.